The molecule has 0 saturated carbocycles. The molecule has 0 aliphatic rings. The van der Waals surface area contributed by atoms with Crippen LogP contribution in [0.1, 0.15) is 11.1 Å². The van der Waals surface area contributed by atoms with Gasteiger partial charge in [0, 0.05) is 20.0 Å². The molecule has 3 rings (SSSR count). The van der Waals surface area contributed by atoms with Crippen molar-refractivity contribution in [2.75, 3.05) is 31.3 Å². The highest BCUT2D eigenvalue weighted by atomic mass is 35.5. The zero-order chi connectivity index (χ0) is 28.7. The Kier molecular flexibility index (Phi) is 10.5. The average Bonchev–Trinajstić information content (AvgIpc) is 2.91. The van der Waals surface area contributed by atoms with Crippen LogP contribution in [0, 0.1) is 0 Å². The Labute approximate surface area is 243 Å². The molecule has 0 aromatic heterocycles. The van der Waals surface area contributed by atoms with Gasteiger partial charge < -0.3 is 15.0 Å². The molecule has 208 valence electrons. The number of carbonyl (C=O) groups is 2. The maximum absolute atomic E-state index is 14.0. The van der Waals surface area contributed by atoms with Gasteiger partial charge >= 0.3 is 0 Å². The maximum Gasteiger partial charge on any atom is 0.244 e. The molecule has 0 aliphatic heterocycles. The molecule has 3 aromatic carbocycles. The predicted molar refractivity (Wildman–Crippen MR) is 155 cm³/mol. The summed E-state index contributed by atoms with van der Waals surface area (Å²) in [5, 5.41) is 2.82. The molecule has 0 bridgehead atoms. The van der Waals surface area contributed by atoms with Gasteiger partial charge in [-0.1, -0.05) is 77.3 Å². The SMILES string of the molecule is CNC(=O)C(Cc1ccccc1)N(Cc1cccc(OC)c1)C(=O)CN(c1cc(Cl)c(Cl)cc1Cl)S(C)(=O)=O. The lowest BCUT2D eigenvalue weighted by Gasteiger charge is -2.33. The number of carbonyl (C=O) groups excluding carboxylic acids is 2. The molecular weight excluding hydrogens is 585 g/mol. The van der Waals surface area contributed by atoms with Gasteiger partial charge in [0.1, 0.15) is 18.3 Å². The molecule has 0 saturated heterocycles. The van der Waals surface area contributed by atoms with Gasteiger partial charge in [0.2, 0.25) is 21.8 Å². The van der Waals surface area contributed by atoms with Crippen LogP contribution in [-0.2, 0) is 32.6 Å². The summed E-state index contributed by atoms with van der Waals surface area (Å²) in [5.41, 5.74) is 1.49. The van der Waals surface area contributed by atoms with E-state index in [0.717, 1.165) is 16.1 Å². The standard InChI is InChI=1S/C27H28Cl3N3O5S/c1-31-27(35)25(13-18-8-5-4-6-9-18)32(16-19-10-7-11-20(12-19)38-2)26(34)17-33(39(3,36)37)24-15-22(29)21(28)14-23(24)30/h4-12,14-15,25H,13,16-17H2,1-3H3,(H,31,35). The highest BCUT2D eigenvalue weighted by Crippen LogP contribution is 2.35. The molecule has 0 spiro atoms. The van der Waals surface area contributed by atoms with Crippen LogP contribution in [-0.4, -0.2) is 58.1 Å². The van der Waals surface area contributed by atoms with E-state index in [1.165, 1.54) is 31.2 Å². The predicted octanol–water partition coefficient (Wildman–Crippen LogP) is 4.81. The highest BCUT2D eigenvalue weighted by Gasteiger charge is 2.33. The van der Waals surface area contributed by atoms with Crippen LogP contribution in [0.2, 0.25) is 15.1 Å². The molecule has 1 atom stereocenters. The fourth-order valence-electron chi connectivity index (χ4n) is 3.99. The van der Waals surface area contributed by atoms with E-state index >= 15 is 0 Å². The fraction of sp³-hybridized carbons (Fsp3) is 0.259. The van der Waals surface area contributed by atoms with E-state index in [4.69, 9.17) is 39.5 Å². The van der Waals surface area contributed by atoms with Gasteiger partial charge in [0.05, 0.1) is 34.1 Å². The minimum Gasteiger partial charge on any atom is -0.497 e. The van der Waals surface area contributed by atoms with Crippen LogP contribution in [0.3, 0.4) is 0 Å². The summed E-state index contributed by atoms with van der Waals surface area (Å²) in [6.45, 7) is -0.629. The third-order valence-electron chi connectivity index (χ3n) is 5.94. The number of halogens is 3. The van der Waals surface area contributed by atoms with E-state index in [9.17, 15) is 18.0 Å². The Morgan fingerprint density at radius 2 is 1.56 bits per heavy atom. The summed E-state index contributed by atoms with van der Waals surface area (Å²) in [5.74, 6) is -0.469. The van der Waals surface area contributed by atoms with Crippen molar-refractivity contribution >= 4 is 62.3 Å². The second-order valence-corrected chi connectivity index (χ2v) is 11.8. The summed E-state index contributed by atoms with van der Waals surface area (Å²) in [7, 11) is -1.01. The van der Waals surface area contributed by atoms with Gasteiger partial charge in [-0.05, 0) is 35.4 Å². The molecule has 1 N–H and O–H groups in total. The second-order valence-electron chi connectivity index (χ2n) is 8.68. The summed E-state index contributed by atoms with van der Waals surface area (Å²) in [6, 6.07) is 17.9. The number of benzene rings is 3. The molecule has 3 aromatic rings. The van der Waals surface area contributed by atoms with E-state index < -0.39 is 34.4 Å². The third-order valence-corrected chi connectivity index (χ3v) is 8.09. The number of methoxy groups -OCH3 is 1. The Hall–Kier alpha value is -2.98. The first-order chi connectivity index (χ1) is 18.4. The fourth-order valence-corrected chi connectivity index (χ4v) is 5.53. The van der Waals surface area contributed by atoms with Crippen molar-refractivity contribution in [1.82, 2.24) is 10.2 Å². The van der Waals surface area contributed by atoms with Crippen molar-refractivity contribution in [3.05, 3.63) is 92.9 Å². The van der Waals surface area contributed by atoms with Crippen LogP contribution >= 0.6 is 34.8 Å². The number of rotatable bonds is 11. The first-order valence-electron chi connectivity index (χ1n) is 11.7. The first-order valence-corrected chi connectivity index (χ1v) is 14.7. The number of hydrogen-bond donors (Lipinski definition) is 1. The Bertz CT molecular complexity index is 1440. The minimum atomic E-state index is -4.01. The van der Waals surface area contributed by atoms with Crippen LogP contribution in [0.15, 0.2) is 66.7 Å². The van der Waals surface area contributed by atoms with Crippen LogP contribution < -0.4 is 14.4 Å². The van der Waals surface area contributed by atoms with Gasteiger partial charge in [-0.2, -0.15) is 0 Å². The van der Waals surface area contributed by atoms with Gasteiger partial charge in [-0.25, -0.2) is 8.42 Å². The molecule has 0 fully saturated rings. The largest absolute Gasteiger partial charge is 0.497 e. The lowest BCUT2D eigenvalue weighted by atomic mass is 10.0. The number of ether oxygens (including phenoxy) is 1. The van der Waals surface area contributed by atoms with E-state index in [0.29, 0.717) is 11.3 Å². The van der Waals surface area contributed by atoms with Crippen molar-refractivity contribution < 1.29 is 22.7 Å². The van der Waals surface area contributed by atoms with Gasteiger partial charge in [0.15, 0.2) is 0 Å². The van der Waals surface area contributed by atoms with E-state index in [2.05, 4.69) is 5.32 Å². The Morgan fingerprint density at radius 3 is 2.18 bits per heavy atom. The van der Waals surface area contributed by atoms with Crippen LogP contribution in [0.5, 0.6) is 5.75 Å². The van der Waals surface area contributed by atoms with Crippen LogP contribution in [0.4, 0.5) is 5.69 Å². The van der Waals surface area contributed by atoms with E-state index in [1.54, 1.807) is 24.3 Å². The Morgan fingerprint density at radius 1 is 0.923 bits per heavy atom. The summed E-state index contributed by atoms with van der Waals surface area (Å²) in [6.07, 6.45) is 1.15. The summed E-state index contributed by atoms with van der Waals surface area (Å²) < 4.78 is 31.9. The van der Waals surface area contributed by atoms with Crippen molar-refractivity contribution in [3.8, 4) is 5.75 Å². The molecular formula is C27H28Cl3N3O5S. The number of likely N-dealkylation sites (N-methyl/N-ethyl adjacent to an activating group) is 1. The summed E-state index contributed by atoms with van der Waals surface area (Å²) in [4.78, 5) is 28.5. The molecule has 0 aliphatic carbocycles. The summed E-state index contributed by atoms with van der Waals surface area (Å²) >= 11 is 18.5. The smallest absolute Gasteiger partial charge is 0.244 e. The minimum absolute atomic E-state index is 0.00546. The third kappa shape index (κ3) is 8.02. The molecule has 8 nitrogen and oxygen atoms in total. The number of sulfonamides is 1. The number of nitrogens with one attached hydrogen (secondary N) is 1. The first kappa shape index (κ1) is 30.6. The van der Waals surface area contributed by atoms with Crippen molar-refractivity contribution in [3.63, 3.8) is 0 Å². The number of anilines is 1. The van der Waals surface area contributed by atoms with Crippen LogP contribution in [0.25, 0.3) is 0 Å². The zero-order valence-corrected chi connectivity index (χ0v) is 24.6. The van der Waals surface area contributed by atoms with E-state index in [1.807, 2.05) is 30.3 Å². The zero-order valence-electron chi connectivity index (χ0n) is 21.5. The molecule has 0 heterocycles. The average molecular weight is 613 g/mol. The molecule has 2 amide bonds. The van der Waals surface area contributed by atoms with Gasteiger partial charge in [-0.15, -0.1) is 0 Å². The van der Waals surface area contributed by atoms with Gasteiger partial charge in [-0.3, -0.25) is 13.9 Å². The van der Waals surface area contributed by atoms with Crippen molar-refractivity contribution in [1.29, 1.82) is 0 Å². The molecule has 1 unspecified atom stereocenters. The lowest BCUT2D eigenvalue weighted by Crippen LogP contribution is -2.52. The van der Waals surface area contributed by atoms with Gasteiger partial charge in [0.25, 0.3) is 0 Å². The molecule has 0 radical (unpaired) electrons. The monoisotopic (exact) mass is 611 g/mol. The number of nitrogens with zero attached hydrogens (tertiary/aromatic N) is 2. The van der Waals surface area contributed by atoms with Crippen molar-refractivity contribution in [2.45, 2.75) is 19.0 Å². The maximum atomic E-state index is 14.0. The molecule has 39 heavy (non-hydrogen) atoms. The quantitative estimate of drug-likeness (QED) is 0.314. The normalized spacial score (nSPS) is 11.9. The number of amides is 2. The lowest BCUT2D eigenvalue weighted by molar-refractivity contribution is -0.139. The van der Waals surface area contributed by atoms with E-state index in [-0.39, 0.29) is 33.7 Å². The Balaban J connectivity index is 2.08. The second kappa shape index (κ2) is 13.4. The molecule has 12 heteroatoms. The topological polar surface area (TPSA) is 96.0 Å². The highest BCUT2D eigenvalue weighted by molar-refractivity contribution is 7.92. The van der Waals surface area contributed by atoms with Crippen molar-refractivity contribution in [2.24, 2.45) is 0 Å². The number of hydrogen-bond acceptors (Lipinski definition) is 5.